The topological polar surface area (TPSA) is 200 Å². The molecule has 2 heterocycles. The average Bonchev–Trinajstić information content (AvgIpc) is 3.08. The highest BCUT2D eigenvalue weighted by Gasteiger charge is 2.68. The molecule has 0 aromatic heterocycles. The third-order valence-electron chi connectivity index (χ3n) is 8.83. The van der Waals surface area contributed by atoms with Crippen LogP contribution in [-0.4, -0.2) is 94.6 Å². The van der Waals surface area contributed by atoms with E-state index in [9.17, 15) is 35.1 Å². The third-order valence-corrected chi connectivity index (χ3v) is 9.20. The highest BCUT2D eigenvalue weighted by molar-refractivity contribution is 6.33. The van der Waals surface area contributed by atoms with E-state index in [1.165, 1.54) is 20.3 Å². The quantitative estimate of drug-likeness (QED) is 0.131. The molecular formula is C32H37ClO14. The molecule has 256 valence electrons. The van der Waals surface area contributed by atoms with E-state index in [0.29, 0.717) is 42.4 Å². The molecule has 15 heteroatoms. The second-order valence-electron chi connectivity index (χ2n) is 11.5. The van der Waals surface area contributed by atoms with Crippen molar-refractivity contribution in [2.24, 2.45) is 5.92 Å². The second-order valence-corrected chi connectivity index (χ2v) is 11.9. The molecule has 1 aliphatic carbocycles. The van der Waals surface area contributed by atoms with Gasteiger partial charge in [0.05, 0.1) is 24.7 Å². The number of carboxylic acids is 1. The predicted octanol–water partition coefficient (Wildman–Crippen LogP) is 2.06. The summed E-state index contributed by atoms with van der Waals surface area (Å²) in [5, 5.41) is 49.0. The fourth-order valence-corrected chi connectivity index (χ4v) is 6.49. The molecule has 5 N–H and O–H groups in total. The van der Waals surface area contributed by atoms with E-state index in [-0.39, 0.29) is 35.0 Å². The Hall–Kier alpha value is -3.31. The van der Waals surface area contributed by atoms with Gasteiger partial charge < -0.3 is 49.2 Å². The van der Waals surface area contributed by atoms with Crippen molar-refractivity contribution in [1.82, 2.24) is 0 Å². The van der Waals surface area contributed by atoms with Gasteiger partial charge in [0, 0.05) is 24.3 Å². The maximum Gasteiger partial charge on any atom is 0.328 e. The van der Waals surface area contributed by atoms with Crippen LogP contribution >= 0.6 is 11.6 Å². The minimum Gasteiger partial charge on any atom is -0.487 e. The number of esters is 1. The first-order valence-corrected chi connectivity index (χ1v) is 15.3. The van der Waals surface area contributed by atoms with Gasteiger partial charge in [-0.05, 0) is 49.5 Å². The Bertz CT molecular complexity index is 1450. The molecule has 2 aromatic carbocycles. The van der Waals surface area contributed by atoms with Crippen LogP contribution in [0, 0.1) is 5.92 Å². The fraction of sp³-hybridized carbons (Fsp3) is 0.500. The molecule has 3 aliphatic rings. The molecule has 2 aromatic rings. The summed E-state index contributed by atoms with van der Waals surface area (Å²) in [6.07, 6.45) is -3.01. The number of carbonyl (C=O) groups excluding carboxylic acids is 1. The van der Waals surface area contributed by atoms with Crippen LogP contribution < -0.4 is 9.47 Å². The van der Waals surface area contributed by atoms with Gasteiger partial charge in [0.25, 0.3) is 5.79 Å². The molecule has 3 fully saturated rings. The molecule has 0 amide bonds. The lowest BCUT2D eigenvalue weighted by molar-refractivity contribution is -0.623. The lowest BCUT2D eigenvalue weighted by atomic mass is 9.71. The van der Waals surface area contributed by atoms with E-state index >= 15 is 0 Å². The largest absolute Gasteiger partial charge is 0.487 e. The van der Waals surface area contributed by atoms with Crippen LogP contribution in [0.15, 0.2) is 42.5 Å². The summed E-state index contributed by atoms with van der Waals surface area (Å²) in [7, 11) is 2.81. The van der Waals surface area contributed by atoms with Crippen LogP contribution in [0.25, 0.3) is 6.08 Å². The Morgan fingerprint density at radius 2 is 1.70 bits per heavy atom. The van der Waals surface area contributed by atoms with Gasteiger partial charge in [-0.1, -0.05) is 35.9 Å². The summed E-state index contributed by atoms with van der Waals surface area (Å²) in [5.41, 5.74) is 0.486. The van der Waals surface area contributed by atoms with Crippen LogP contribution in [0.2, 0.25) is 5.02 Å². The smallest absolute Gasteiger partial charge is 0.328 e. The van der Waals surface area contributed by atoms with Crippen molar-refractivity contribution in [1.29, 1.82) is 0 Å². The van der Waals surface area contributed by atoms with E-state index < -0.39 is 54.7 Å². The fourth-order valence-electron chi connectivity index (χ4n) is 6.14. The Labute approximate surface area is 274 Å². The van der Waals surface area contributed by atoms with Gasteiger partial charge in [-0.2, -0.15) is 4.89 Å². The maximum atomic E-state index is 12.1. The number of benzene rings is 2. The van der Waals surface area contributed by atoms with Gasteiger partial charge in [-0.3, -0.25) is 4.79 Å². The summed E-state index contributed by atoms with van der Waals surface area (Å²) >= 11 is 6.96. The van der Waals surface area contributed by atoms with Crippen molar-refractivity contribution >= 4 is 29.6 Å². The Kier molecular flexibility index (Phi) is 10.8. The molecular weight excluding hydrogens is 644 g/mol. The molecule has 6 atom stereocenters. The van der Waals surface area contributed by atoms with Crippen LogP contribution in [0.4, 0.5) is 0 Å². The number of hydrogen-bond acceptors (Lipinski definition) is 13. The highest BCUT2D eigenvalue weighted by atomic mass is 35.5. The molecule has 2 saturated heterocycles. The summed E-state index contributed by atoms with van der Waals surface area (Å²) in [6.45, 7) is -0.601. The number of carbonyl (C=O) groups is 2. The molecule has 2 aliphatic heterocycles. The molecule has 0 radical (unpaired) electrons. The predicted molar refractivity (Wildman–Crippen MR) is 161 cm³/mol. The first-order valence-electron chi connectivity index (χ1n) is 14.9. The lowest BCUT2D eigenvalue weighted by Gasteiger charge is -2.57. The van der Waals surface area contributed by atoms with Crippen molar-refractivity contribution in [2.45, 2.75) is 74.4 Å². The van der Waals surface area contributed by atoms with Gasteiger partial charge in [-0.25, -0.2) is 9.68 Å². The minimum atomic E-state index is -1.58. The average molecular weight is 681 g/mol. The zero-order chi connectivity index (χ0) is 33.9. The number of ether oxygens (including phenoxy) is 5. The number of aliphatic hydroxyl groups is 4. The Balaban J connectivity index is 1.35. The zero-order valence-electron chi connectivity index (χ0n) is 25.6. The Morgan fingerprint density at radius 1 is 1.00 bits per heavy atom. The van der Waals surface area contributed by atoms with Gasteiger partial charge in [0.2, 0.25) is 6.29 Å². The SMILES string of the molecule is COC(=O)C1CCC2(CC1)OOC2(OC)c1ccc(/C=C/C(=O)O)c(OCc2ccc(O[C@@H]3OC(CO)[C@H](O)C(O)C3O)cc2)c1Cl. The van der Waals surface area contributed by atoms with Crippen LogP contribution in [0.3, 0.4) is 0 Å². The van der Waals surface area contributed by atoms with Crippen molar-refractivity contribution in [3.05, 3.63) is 64.2 Å². The van der Waals surface area contributed by atoms with E-state index in [1.54, 1.807) is 36.4 Å². The van der Waals surface area contributed by atoms with Crippen molar-refractivity contribution in [2.75, 3.05) is 20.8 Å². The summed E-state index contributed by atoms with van der Waals surface area (Å²) in [4.78, 5) is 34.7. The third kappa shape index (κ3) is 6.70. The van der Waals surface area contributed by atoms with Gasteiger partial charge in [0.15, 0.2) is 5.60 Å². The molecule has 5 rings (SSSR count). The number of aliphatic carboxylic acids is 1. The van der Waals surface area contributed by atoms with E-state index in [1.807, 2.05) is 0 Å². The van der Waals surface area contributed by atoms with Gasteiger partial charge in [0.1, 0.15) is 42.5 Å². The van der Waals surface area contributed by atoms with Crippen molar-refractivity contribution in [3.63, 3.8) is 0 Å². The number of carboxylic acid groups (broad SMARTS) is 1. The van der Waals surface area contributed by atoms with Crippen molar-refractivity contribution < 1.29 is 68.6 Å². The van der Waals surface area contributed by atoms with E-state index in [4.69, 9.17) is 45.1 Å². The number of hydrogen-bond donors (Lipinski definition) is 5. The van der Waals surface area contributed by atoms with E-state index in [2.05, 4.69) is 0 Å². The first-order chi connectivity index (χ1) is 22.5. The molecule has 47 heavy (non-hydrogen) atoms. The molecule has 14 nitrogen and oxygen atoms in total. The zero-order valence-corrected chi connectivity index (χ0v) is 26.4. The normalized spacial score (nSPS) is 32.1. The number of methoxy groups -OCH3 is 2. The number of aliphatic hydroxyl groups excluding tert-OH is 4. The van der Waals surface area contributed by atoms with Crippen LogP contribution in [0.5, 0.6) is 11.5 Å². The highest BCUT2D eigenvalue weighted by Crippen LogP contribution is 2.59. The lowest BCUT2D eigenvalue weighted by Crippen LogP contribution is -2.67. The first kappa shape index (κ1) is 35.0. The monoisotopic (exact) mass is 680 g/mol. The second kappa shape index (κ2) is 14.4. The summed E-state index contributed by atoms with van der Waals surface area (Å²) < 4.78 is 28.0. The molecule has 1 spiro atoms. The minimum absolute atomic E-state index is 0.0132. The van der Waals surface area contributed by atoms with Crippen LogP contribution in [-0.2, 0) is 46.0 Å². The van der Waals surface area contributed by atoms with E-state index in [0.717, 1.165) is 6.08 Å². The van der Waals surface area contributed by atoms with Crippen molar-refractivity contribution in [3.8, 4) is 11.5 Å². The molecule has 1 saturated carbocycles. The molecule has 0 bridgehead atoms. The summed E-state index contributed by atoms with van der Waals surface area (Å²) in [6, 6.07) is 9.75. The van der Waals surface area contributed by atoms with Gasteiger partial charge >= 0.3 is 11.9 Å². The molecule has 4 unspecified atom stereocenters. The number of halogens is 1. The van der Waals surface area contributed by atoms with Gasteiger partial charge in [-0.15, -0.1) is 0 Å². The maximum absolute atomic E-state index is 12.1. The summed E-state index contributed by atoms with van der Waals surface area (Å²) in [5.74, 6) is -2.75. The van der Waals surface area contributed by atoms with Crippen LogP contribution in [0.1, 0.15) is 42.4 Å². The number of rotatable bonds is 11. The standard InChI is InChI=1S/C32H37ClO14/c1-41-29(40)19-11-13-31(14-12-19)32(42-2,47-46-31)21-9-5-18(6-10-23(35)36)28(24(21)33)43-16-17-3-7-20(8-4-17)44-30-27(39)26(38)25(37)22(15-34)45-30/h3-10,19,22,25-27,30,34,37-39H,11-16H2,1-2H3,(H,35,36)/b10-6+/t19?,22?,25-,26?,27?,30+,31?,32?/m0/s1. The Morgan fingerprint density at radius 3 is 2.28 bits per heavy atom.